The summed E-state index contributed by atoms with van der Waals surface area (Å²) >= 11 is 0. The summed E-state index contributed by atoms with van der Waals surface area (Å²) in [4.78, 5) is 34.8. The number of aryl methyl sites for hydroxylation is 2. The van der Waals surface area contributed by atoms with Gasteiger partial charge in [0.15, 0.2) is 0 Å². The third-order valence-corrected chi connectivity index (χ3v) is 5.82. The molecule has 3 rings (SSSR count). The van der Waals surface area contributed by atoms with Crippen LogP contribution in [0.3, 0.4) is 0 Å². The Hall–Kier alpha value is -5.01. The fourth-order valence-electron chi connectivity index (χ4n) is 3.71. The number of aromatic amines is 1. The molecule has 11 nitrogen and oxygen atoms in total. The number of benzene rings is 2. The fourth-order valence-corrected chi connectivity index (χ4v) is 3.71. The van der Waals surface area contributed by atoms with Gasteiger partial charge in [-0.05, 0) is 54.8 Å². The quantitative estimate of drug-likeness (QED) is 0.176. The van der Waals surface area contributed by atoms with Gasteiger partial charge in [-0.25, -0.2) is 0 Å². The van der Waals surface area contributed by atoms with Gasteiger partial charge in [0.2, 0.25) is 5.91 Å². The van der Waals surface area contributed by atoms with Crippen molar-refractivity contribution in [1.29, 1.82) is 0 Å². The van der Waals surface area contributed by atoms with E-state index in [2.05, 4.69) is 27.4 Å². The highest BCUT2D eigenvalue weighted by molar-refractivity contribution is 6.11. The van der Waals surface area contributed by atoms with Crippen LogP contribution in [0, 0.1) is 0 Å². The van der Waals surface area contributed by atoms with Crippen molar-refractivity contribution < 1.29 is 42.1 Å². The second-order valence-electron chi connectivity index (χ2n) is 8.76. The minimum absolute atomic E-state index is 0.109. The molecular formula is C28H32F3N5O6. The van der Waals surface area contributed by atoms with Crippen LogP contribution >= 0.6 is 0 Å². The maximum absolute atomic E-state index is 13.0. The van der Waals surface area contributed by atoms with Gasteiger partial charge in [-0.15, -0.1) is 0 Å². The molecule has 2 aromatic carbocycles. The van der Waals surface area contributed by atoms with Gasteiger partial charge in [-0.1, -0.05) is 6.58 Å². The molecule has 1 aromatic heterocycles. The summed E-state index contributed by atoms with van der Waals surface area (Å²) < 4.78 is 48.5. The van der Waals surface area contributed by atoms with E-state index in [1.165, 1.54) is 30.1 Å². The zero-order valence-corrected chi connectivity index (χ0v) is 23.2. The molecule has 0 radical (unpaired) electrons. The minimum Gasteiger partial charge on any atom is -0.497 e. The van der Waals surface area contributed by atoms with E-state index in [9.17, 15) is 22.8 Å². The standard InChI is InChI=1S/C27H30F3N5O4.CH2O2/c1-5-25(36)31-23-15-19(35(2)11-10-27(28,29)30)8-9-22(23)26(37)32-24-14-18(33-34-24)7-6-17-12-20(38-3)16-21(13-17)39-4;2-1-3/h5,8-9,12-16H,1,6-7,10-11H2,2-4H3,(H,31,36)(H2,32,33,34,37);1H,(H,2,3). The maximum Gasteiger partial charge on any atom is 0.390 e. The number of hydrogen-bond donors (Lipinski definition) is 4. The first-order valence-corrected chi connectivity index (χ1v) is 12.4. The summed E-state index contributed by atoms with van der Waals surface area (Å²) in [6.07, 6.45) is -3.07. The van der Waals surface area contributed by atoms with E-state index in [0.29, 0.717) is 41.5 Å². The van der Waals surface area contributed by atoms with Gasteiger partial charge in [-0.2, -0.15) is 18.3 Å². The number of carboxylic acid groups (broad SMARTS) is 1. The normalized spacial score (nSPS) is 10.5. The molecule has 1 heterocycles. The zero-order valence-electron chi connectivity index (χ0n) is 23.2. The molecule has 0 aliphatic rings. The van der Waals surface area contributed by atoms with Crippen molar-refractivity contribution in [3.8, 4) is 11.5 Å². The highest BCUT2D eigenvalue weighted by Gasteiger charge is 2.27. The zero-order chi connectivity index (χ0) is 31.3. The number of ether oxygens (including phenoxy) is 2. The molecule has 0 bridgehead atoms. The van der Waals surface area contributed by atoms with E-state index in [1.54, 1.807) is 26.4 Å². The third kappa shape index (κ3) is 10.5. The predicted molar refractivity (Wildman–Crippen MR) is 151 cm³/mol. The summed E-state index contributed by atoms with van der Waals surface area (Å²) in [5.41, 5.74) is 2.32. The number of halogens is 3. The lowest BCUT2D eigenvalue weighted by molar-refractivity contribution is -0.132. The predicted octanol–water partition coefficient (Wildman–Crippen LogP) is 4.68. The number of carbonyl (C=O) groups is 3. The number of nitrogens with zero attached hydrogens (tertiary/aromatic N) is 2. The number of hydrogen-bond acceptors (Lipinski definition) is 7. The minimum atomic E-state index is -4.31. The Morgan fingerprint density at radius 1 is 1.07 bits per heavy atom. The molecule has 0 atom stereocenters. The van der Waals surface area contributed by atoms with Crippen molar-refractivity contribution in [2.45, 2.75) is 25.4 Å². The molecule has 2 amide bonds. The van der Waals surface area contributed by atoms with Gasteiger partial charge in [0.25, 0.3) is 12.4 Å². The maximum atomic E-state index is 13.0. The number of methoxy groups -OCH3 is 2. The van der Waals surface area contributed by atoms with Gasteiger partial charge >= 0.3 is 6.18 Å². The molecule has 0 saturated heterocycles. The lowest BCUT2D eigenvalue weighted by atomic mass is 10.1. The Labute approximate surface area is 240 Å². The number of anilines is 3. The molecule has 3 aromatic rings. The molecule has 0 fully saturated rings. The number of nitrogens with one attached hydrogen (secondary N) is 3. The van der Waals surface area contributed by atoms with Crippen LogP contribution in [0.15, 0.2) is 55.1 Å². The van der Waals surface area contributed by atoms with E-state index in [-0.39, 0.29) is 24.3 Å². The van der Waals surface area contributed by atoms with Crippen LogP contribution in [0.1, 0.15) is 28.0 Å². The smallest absolute Gasteiger partial charge is 0.390 e. The fraction of sp³-hybridized carbons (Fsp3) is 0.286. The molecule has 0 aliphatic heterocycles. The van der Waals surface area contributed by atoms with Gasteiger partial charge in [0, 0.05) is 31.4 Å². The SMILES string of the molecule is C=CC(=O)Nc1cc(N(C)CCC(F)(F)F)ccc1C(=O)Nc1cc(CCc2cc(OC)cc(OC)c2)n[nH]1.O=CO. The van der Waals surface area contributed by atoms with Gasteiger partial charge in [-0.3, -0.25) is 19.5 Å². The second kappa shape index (κ2) is 15.7. The van der Waals surface area contributed by atoms with Crippen LogP contribution in [-0.4, -0.2) is 67.6 Å². The van der Waals surface area contributed by atoms with Crippen LogP contribution in [-0.2, 0) is 22.4 Å². The molecule has 0 unspecified atom stereocenters. The summed E-state index contributed by atoms with van der Waals surface area (Å²) in [6, 6.07) is 11.7. The van der Waals surface area contributed by atoms with Crippen molar-refractivity contribution in [3.63, 3.8) is 0 Å². The first kappa shape index (κ1) is 33.2. The van der Waals surface area contributed by atoms with E-state index in [0.717, 1.165) is 11.6 Å². The van der Waals surface area contributed by atoms with Gasteiger partial charge < -0.3 is 30.1 Å². The number of rotatable bonds is 12. The first-order valence-electron chi connectivity index (χ1n) is 12.4. The van der Waals surface area contributed by atoms with Crippen LogP contribution < -0.4 is 25.0 Å². The van der Waals surface area contributed by atoms with Crippen LogP contribution in [0.25, 0.3) is 0 Å². The number of amides is 2. The summed E-state index contributed by atoms with van der Waals surface area (Å²) in [7, 11) is 4.65. The molecule has 0 spiro atoms. The number of aromatic nitrogens is 2. The summed E-state index contributed by atoms with van der Waals surface area (Å²) in [5.74, 6) is 0.571. The first-order chi connectivity index (χ1) is 19.9. The van der Waals surface area contributed by atoms with E-state index in [1.807, 2.05) is 12.1 Å². The van der Waals surface area contributed by atoms with Gasteiger partial charge in [0.05, 0.1) is 37.6 Å². The highest BCUT2D eigenvalue weighted by atomic mass is 19.4. The van der Waals surface area contributed by atoms with E-state index in [4.69, 9.17) is 19.4 Å². The number of alkyl halides is 3. The summed E-state index contributed by atoms with van der Waals surface area (Å²) in [5, 5.41) is 19.1. The summed E-state index contributed by atoms with van der Waals surface area (Å²) in [6.45, 7) is 2.86. The average molecular weight is 592 g/mol. The molecule has 42 heavy (non-hydrogen) atoms. The Morgan fingerprint density at radius 3 is 2.29 bits per heavy atom. The largest absolute Gasteiger partial charge is 0.497 e. The molecule has 4 N–H and O–H groups in total. The highest BCUT2D eigenvalue weighted by Crippen LogP contribution is 2.27. The Balaban J connectivity index is 0.00000197. The number of carbonyl (C=O) groups excluding carboxylic acids is 2. The second-order valence-corrected chi connectivity index (χ2v) is 8.76. The monoisotopic (exact) mass is 591 g/mol. The van der Waals surface area contributed by atoms with E-state index >= 15 is 0 Å². The van der Waals surface area contributed by atoms with Crippen molar-refractivity contribution in [2.24, 2.45) is 0 Å². The number of H-pyrrole nitrogens is 1. The molecule has 0 saturated carbocycles. The van der Waals surface area contributed by atoms with Crippen molar-refractivity contribution >= 4 is 35.5 Å². The Bertz CT molecular complexity index is 1350. The van der Waals surface area contributed by atoms with Crippen LogP contribution in [0.2, 0.25) is 0 Å². The lowest BCUT2D eigenvalue weighted by Gasteiger charge is -2.22. The molecular weight excluding hydrogens is 559 g/mol. The Kier molecular flexibility index (Phi) is 12.4. The lowest BCUT2D eigenvalue weighted by Crippen LogP contribution is -2.24. The Morgan fingerprint density at radius 2 is 1.71 bits per heavy atom. The van der Waals surface area contributed by atoms with Crippen molar-refractivity contribution in [3.05, 3.63) is 71.9 Å². The van der Waals surface area contributed by atoms with Crippen LogP contribution in [0.4, 0.5) is 30.4 Å². The molecule has 14 heteroatoms. The van der Waals surface area contributed by atoms with Crippen molar-refractivity contribution in [2.75, 3.05) is 43.3 Å². The van der Waals surface area contributed by atoms with E-state index < -0.39 is 24.4 Å². The molecule has 0 aliphatic carbocycles. The third-order valence-electron chi connectivity index (χ3n) is 5.82. The topological polar surface area (TPSA) is 146 Å². The van der Waals surface area contributed by atoms with Crippen LogP contribution in [0.5, 0.6) is 11.5 Å². The average Bonchev–Trinajstić information content (AvgIpc) is 3.41. The van der Waals surface area contributed by atoms with Gasteiger partial charge in [0.1, 0.15) is 17.3 Å². The molecule has 226 valence electrons. The van der Waals surface area contributed by atoms with Crippen molar-refractivity contribution in [1.82, 2.24) is 10.2 Å².